The van der Waals surface area contributed by atoms with Gasteiger partial charge in [0.1, 0.15) is 6.04 Å². The monoisotopic (exact) mass is 574 g/mol. The summed E-state index contributed by atoms with van der Waals surface area (Å²) in [5.41, 5.74) is 4.62. The Morgan fingerprint density at radius 1 is 0.714 bits per heavy atom. The van der Waals surface area contributed by atoms with Crippen LogP contribution < -0.4 is 0 Å². The van der Waals surface area contributed by atoms with Crippen molar-refractivity contribution in [2.75, 3.05) is 0 Å². The summed E-state index contributed by atoms with van der Waals surface area (Å²) < 4.78 is 0. The van der Waals surface area contributed by atoms with Gasteiger partial charge in [-0.15, -0.1) is 0 Å². The first-order valence-electron chi connectivity index (χ1n) is 14.2. The van der Waals surface area contributed by atoms with E-state index < -0.39 is 35.6 Å². The molecule has 3 atom stereocenters. The molecule has 4 aromatic rings. The minimum atomic E-state index is -1.10. The molecule has 0 aromatic heterocycles. The van der Waals surface area contributed by atoms with Crippen molar-refractivity contribution < 1.29 is 19.2 Å². The fourth-order valence-electron chi connectivity index (χ4n) is 7.27. The number of hydrogen-bond acceptors (Lipinski definition) is 4. The van der Waals surface area contributed by atoms with Crippen LogP contribution in [0.3, 0.4) is 0 Å². The van der Waals surface area contributed by atoms with Crippen molar-refractivity contribution in [2.24, 2.45) is 11.8 Å². The van der Waals surface area contributed by atoms with Crippen LogP contribution in [0, 0.1) is 11.8 Å². The van der Waals surface area contributed by atoms with Crippen LogP contribution in [0.4, 0.5) is 0 Å². The second-order valence-corrected chi connectivity index (χ2v) is 11.4. The van der Waals surface area contributed by atoms with Gasteiger partial charge >= 0.3 is 0 Å². The Bertz CT molecular complexity index is 1650. The lowest BCUT2D eigenvalue weighted by atomic mass is 9.55. The molecule has 8 rings (SSSR count). The zero-order valence-electron chi connectivity index (χ0n) is 22.8. The molecule has 42 heavy (non-hydrogen) atoms. The summed E-state index contributed by atoms with van der Waals surface area (Å²) in [7, 11) is 0. The van der Waals surface area contributed by atoms with Crippen LogP contribution in [0.1, 0.15) is 68.2 Å². The van der Waals surface area contributed by atoms with Gasteiger partial charge in [-0.05, 0) is 40.8 Å². The van der Waals surface area contributed by atoms with E-state index in [2.05, 4.69) is 0 Å². The van der Waals surface area contributed by atoms with Crippen molar-refractivity contribution in [1.29, 1.82) is 0 Å². The van der Waals surface area contributed by atoms with E-state index in [1.165, 1.54) is 0 Å². The van der Waals surface area contributed by atoms with Crippen LogP contribution in [0.25, 0.3) is 0 Å². The number of imide groups is 1. The molecule has 3 amide bonds. The highest BCUT2D eigenvalue weighted by molar-refractivity contribution is 6.34. The van der Waals surface area contributed by atoms with Crippen molar-refractivity contribution >= 4 is 35.1 Å². The lowest BCUT2D eigenvalue weighted by Crippen LogP contribution is -2.57. The molecule has 4 aromatic carbocycles. The number of ketones is 1. The Hall–Kier alpha value is -4.55. The van der Waals surface area contributed by atoms with Gasteiger partial charge in [-0.2, -0.15) is 5.01 Å². The molecule has 0 radical (unpaired) electrons. The van der Waals surface area contributed by atoms with Gasteiger partial charge in [-0.25, -0.2) is 5.01 Å². The first-order chi connectivity index (χ1) is 20.4. The third-order valence-electron chi connectivity index (χ3n) is 9.00. The molecule has 0 saturated carbocycles. The summed E-state index contributed by atoms with van der Waals surface area (Å²) in [5.74, 6) is -4.03. The number of carbonyl (C=O) groups is 4. The van der Waals surface area contributed by atoms with E-state index >= 15 is 0 Å². The van der Waals surface area contributed by atoms with Crippen LogP contribution in [0.5, 0.6) is 0 Å². The van der Waals surface area contributed by atoms with E-state index in [-0.39, 0.29) is 34.6 Å². The van der Waals surface area contributed by atoms with Gasteiger partial charge in [-0.1, -0.05) is 110 Å². The summed E-state index contributed by atoms with van der Waals surface area (Å²) in [6, 6.07) is 29.9. The standard InChI is InChI=1S/C35H27ClN2O4/c1-2-27(32(39)20-12-4-3-5-13-20)37(33(40)25-18-10-11-19-26(25)36)38-34(41)30-28-21-14-6-7-15-22(21)29(31(30)35(38)42)24-17-9-8-16-23(24)28/h3-19,27-31H,2H2,1H3/t27-,28?,29?,30-,31+/m1/s1. The summed E-state index contributed by atoms with van der Waals surface area (Å²) in [6.45, 7) is 1.77. The van der Waals surface area contributed by atoms with Gasteiger partial charge in [0, 0.05) is 17.4 Å². The highest BCUT2D eigenvalue weighted by Gasteiger charge is 2.63. The Kier molecular flexibility index (Phi) is 6.32. The van der Waals surface area contributed by atoms with E-state index in [0.717, 1.165) is 32.3 Å². The number of Topliss-reactive ketones (excluding diaryl/α,β-unsaturated/α-hetero) is 1. The highest BCUT2D eigenvalue weighted by Crippen LogP contribution is 2.61. The first-order valence-corrected chi connectivity index (χ1v) is 14.5. The number of halogens is 1. The number of hydrogen-bond donors (Lipinski definition) is 0. The van der Waals surface area contributed by atoms with E-state index in [1.807, 2.05) is 48.5 Å². The molecule has 0 unspecified atom stereocenters. The number of hydrazine groups is 1. The minimum absolute atomic E-state index is 0.114. The Labute approximate surface area is 248 Å². The molecule has 1 saturated heterocycles. The van der Waals surface area contributed by atoms with E-state index in [9.17, 15) is 19.2 Å². The molecule has 6 nitrogen and oxygen atoms in total. The second kappa shape index (κ2) is 10.1. The maximum Gasteiger partial charge on any atom is 0.275 e. The van der Waals surface area contributed by atoms with Gasteiger partial charge < -0.3 is 0 Å². The highest BCUT2D eigenvalue weighted by atomic mass is 35.5. The van der Waals surface area contributed by atoms with Crippen LogP contribution in [0.15, 0.2) is 103 Å². The molecular formula is C35H27ClN2O4. The Morgan fingerprint density at radius 3 is 1.64 bits per heavy atom. The largest absolute Gasteiger partial charge is 0.292 e. The van der Waals surface area contributed by atoms with Crippen molar-refractivity contribution in [3.8, 4) is 0 Å². The van der Waals surface area contributed by atoms with Crippen molar-refractivity contribution in [1.82, 2.24) is 10.0 Å². The third-order valence-corrected chi connectivity index (χ3v) is 9.33. The van der Waals surface area contributed by atoms with Gasteiger partial charge in [0.15, 0.2) is 5.78 Å². The number of rotatable bonds is 6. The number of nitrogens with zero attached hydrogens (tertiary/aromatic N) is 2. The van der Waals surface area contributed by atoms with Gasteiger partial charge in [0.25, 0.3) is 17.7 Å². The number of amides is 3. The fraction of sp³-hybridized carbons (Fsp3) is 0.200. The molecule has 208 valence electrons. The molecule has 1 heterocycles. The zero-order chi connectivity index (χ0) is 29.1. The van der Waals surface area contributed by atoms with Gasteiger partial charge in [0.2, 0.25) is 0 Å². The summed E-state index contributed by atoms with van der Waals surface area (Å²) in [4.78, 5) is 57.4. The molecule has 0 spiro atoms. The van der Waals surface area contributed by atoms with Gasteiger partial charge in [0.05, 0.1) is 22.4 Å². The fourth-order valence-corrected chi connectivity index (χ4v) is 7.48. The van der Waals surface area contributed by atoms with Gasteiger partial charge in [-0.3, -0.25) is 19.2 Å². The summed E-state index contributed by atoms with van der Waals surface area (Å²) >= 11 is 6.47. The Balaban J connectivity index is 1.39. The Morgan fingerprint density at radius 2 is 1.17 bits per heavy atom. The summed E-state index contributed by atoms with van der Waals surface area (Å²) in [5, 5.41) is 2.24. The molecule has 2 bridgehead atoms. The van der Waals surface area contributed by atoms with Crippen molar-refractivity contribution in [2.45, 2.75) is 31.2 Å². The minimum Gasteiger partial charge on any atom is -0.292 e. The number of benzene rings is 4. The van der Waals surface area contributed by atoms with E-state index in [4.69, 9.17) is 11.6 Å². The van der Waals surface area contributed by atoms with E-state index in [0.29, 0.717) is 5.56 Å². The maximum atomic E-state index is 14.6. The van der Waals surface area contributed by atoms with Crippen LogP contribution in [0.2, 0.25) is 5.02 Å². The average molecular weight is 575 g/mol. The summed E-state index contributed by atoms with van der Waals surface area (Å²) in [6.07, 6.45) is 0.184. The predicted octanol–water partition coefficient (Wildman–Crippen LogP) is 6.25. The first kappa shape index (κ1) is 26.4. The second-order valence-electron chi connectivity index (χ2n) is 11.0. The molecule has 1 fully saturated rings. The van der Waals surface area contributed by atoms with E-state index in [1.54, 1.807) is 61.5 Å². The molecule has 3 aliphatic carbocycles. The molecule has 1 aliphatic heterocycles. The lowest BCUT2D eigenvalue weighted by molar-refractivity contribution is -0.156. The normalized spacial score (nSPS) is 22.3. The zero-order valence-corrected chi connectivity index (χ0v) is 23.6. The molecular weight excluding hydrogens is 548 g/mol. The average Bonchev–Trinajstić information content (AvgIpc) is 3.29. The SMILES string of the molecule is CC[C@H](C(=O)c1ccccc1)N(C(=O)c1ccccc1Cl)N1C(=O)[C@@H]2C3c4ccccc4C(c4ccccc43)[C@@H]2C1=O. The van der Waals surface area contributed by atoms with Crippen LogP contribution in [-0.4, -0.2) is 39.6 Å². The topological polar surface area (TPSA) is 74.8 Å². The van der Waals surface area contributed by atoms with Crippen molar-refractivity contribution in [3.05, 3.63) is 142 Å². The predicted molar refractivity (Wildman–Crippen MR) is 158 cm³/mol. The van der Waals surface area contributed by atoms with Crippen LogP contribution in [-0.2, 0) is 9.59 Å². The van der Waals surface area contributed by atoms with Crippen molar-refractivity contribution in [3.63, 3.8) is 0 Å². The molecule has 7 heteroatoms. The van der Waals surface area contributed by atoms with Crippen LogP contribution >= 0.6 is 11.6 Å². The lowest BCUT2D eigenvalue weighted by Gasteiger charge is -2.45. The quantitative estimate of drug-likeness (QED) is 0.201. The third kappa shape index (κ3) is 3.71. The smallest absolute Gasteiger partial charge is 0.275 e. The molecule has 4 aliphatic rings. The molecule has 0 N–H and O–H groups in total. The maximum absolute atomic E-state index is 14.6. The number of carbonyl (C=O) groups excluding carboxylic acids is 4.